The molecule has 0 saturated heterocycles. The second kappa shape index (κ2) is 10.4. The van der Waals surface area contributed by atoms with Crippen molar-refractivity contribution in [3.05, 3.63) is 92.2 Å². The highest BCUT2D eigenvalue weighted by molar-refractivity contribution is 14.1. The first-order chi connectivity index (χ1) is 17.8. The molecule has 0 fully saturated rings. The van der Waals surface area contributed by atoms with Gasteiger partial charge in [0.2, 0.25) is 0 Å². The van der Waals surface area contributed by atoms with Gasteiger partial charge in [-0.15, -0.1) is 0 Å². The molecule has 0 atom stereocenters. The van der Waals surface area contributed by atoms with E-state index in [1.54, 1.807) is 0 Å². The van der Waals surface area contributed by atoms with E-state index in [9.17, 15) is 19.2 Å². The molecule has 0 bridgehead atoms. The molecule has 0 saturated carbocycles. The van der Waals surface area contributed by atoms with Gasteiger partial charge in [0.05, 0.1) is 67.1 Å². The monoisotopic (exact) mass is 890 g/mol. The van der Waals surface area contributed by atoms with Gasteiger partial charge in [-0.3, -0.25) is 19.2 Å². The fourth-order valence-corrected chi connectivity index (χ4v) is 8.61. The lowest BCUT2D eigenvalue weighted by atomic mass is 9.91. The summed E-state index contributed by atoms with van der Waals surface area (Å²) in [4.78, 5) is 55.7. The molecule has 0 amide bonds. The normalized spacial score (nSPS) is 12.1. The van der Waals surface area contributed by atoms with E-state index in [-0.39, 0.29) is 98.2 Å². The molecule has 0 spiro atoms. The number of hydrogen-bond acceptors (Lipinski definition) is 4. The average Bonchev–Trinajstić information content (AvgIpc) is 2.88. The molecule has 0 N–H and O–H groups in total. The third kappa shape index (κ3) is 3.81. The first kappa shape index (κ1) is 29.6. The molecular weight excluding hydrogens is 890 g/mol. The van der Waals surface area contributed by atoms with Crippen LogP contribution in [0.5, 0.6) is 0 Å². The Hall–Kier alpha value is 0.120. The van der Waals surface area contributed by atoms with Crippen LogP contribution in [0.1, 0.15) is 11.1 Å². The predicted octanol–water partition coefficient (Wildman–Crippen LogP) is 9.71. The van der Waals surface area contributed by atoms with Gasteiger partial charge in [-0.25, -0.2) is 0 Å². The standard InChI is InChI=1S/C24H4Cl8I2O4/c25-13-4(2-34)7-10(15(27)18(13)30)21(35)5-3(1-33)6-9(14(26)8(5)23(7)37)24(38)12-11(22(6)36)16(28)19(31)20(32)17(12)29/h1-2H2. The van der Waals surface area contributed by atoms with Gasteiger partial charge in [-0.1, -0.05) is 138 Å². The number of rotatable bonds is 2. The van der Waals surface area contributed by atoms with Gasteiger partial charge in [0, 0.05) is 25.0 Å². The first-order valence-electron chi connectivity index (χ1n) is 10.1. The quantitative estimate of drug-likeness (QED) is 0.0583. The zero-order valence-corrected chi connectivity index (χ0v) is 28.2. The number of halogens is 10. The van der Waals surface area contributed by atoms with Crippen LogP contribution in [0.3, 0.4) is 0 Å². The van der Waals surface area contributed by atoms with Crippen LogP contribution in [0, 0.1) is 0 Å². The van der Waals surface area contributed by atoms with Gasteiger partial charge in [0.15, 0.2) is 21.7 Å². The highest BCUT2D eigenvalue weighted by Gasteiger charge is 2.30. The van der Waals surface area contributed by atoms with Crippen molar-refractivity contribution in [2.45, 2.75) is 8.86 Å². The molecule has 14 heteroatoms. The van der Waals surface area contributed by atoms with Crippen LogP contribution in [0.2, 0.25) is 40.2 Å². The van der Waals surface area contributed by atoms with Crippen molar-refractivity contribution in [2.24, 2.45) is 0 Å². The summed E-state index contributed by atoms with van der Waals surface area (Å²) in [6, 6.07) is 0. The molecule has 0 aliphatic carbocycles. The Morgan fingerprint density at radius 2 is 0.605 bits per heavy atom. The lowest BCUT2D eigenvalue weighted by Crippen LogP contribution is -2.22. The molecule has 0 aliphatic heterocycles. The third-order valence-electron chi connectivity index (χ3n) is 6.32. The Morgan fingerprint density at radius 1 is 0.342 bits per heavy atom. The van der Waals surface area contributed by atoms with Crippen molar-refractivity contribution < 1.29 is 0 Å². The van der Waals surface area contributed by atoms with Crippen molar-refractivity contribution in [3.8, 4) is 0 Å². The Bertz CT molecular complexity index is 2170. The minimum Gasteiger partial charge on any atom is -0.288 e. The number of fused-ring (bicyclic) bond motifs is 4. The zero-order valence-electron chi connectivity index (χ0n) is 17.8. The maximum atomic E-state index is 14.0. The third-order valence-corrected chi connectivity index (χ3v) is 11.4. The van der Waals surface area contributed by atoms with Gasteiger partial charge < -0.3 is 0 Å². The van der Waals surface area contributed by atoms with E-state index in [1.807, 2.05) is 45.2 Å². The number of benzene rings is 5. The largest absolute Gasteiger partial charge is 0.288 e. The van der Waals surface area contributed by atoms with Crippen LogP contribution in [0.25, 0.3) is 43.1 Å². The second-order valence-electron chi connectivity index (χ2n) is 8.05. The lowest BCUT2D eigenvalue weighted by molar-refractivity contribution is 1.48. The summed E-state index contributed by atoms with van der Waals surface area (Å²) < 4.78 is 0.247. The van der Waals surface area contributed by atoms with E-state index in [2.05, 4.69) is 0 Å². The molecule has 5 aromatic rings. The molecule has 38 heavy (non-hydrogen) atoms. The minimum absolute atomic E-state index is 0.0192. The summed E-state index contributed by atoms with van der Waals surface area (Å²) in [7, 11) is 0. The Morgan fingerprint density at radius 3 is 0.974 bits per heavy atom. The van der Waals surface area contributed by atoms with Gasteiger partial charge in [-0.2, -0.15) is 0 Å². The van der Waals surface area contributed by atoms with Gasteiger partial charge in [0.25, 0.3) is 0 Å². The summed E-state index contributed by atoms with van der Waals surface area (Å²) >= 11 is 54.8. The Kier molecular flexibility index (Phi) is 8.13. The van der Waals surface area contributed by atoms with Crippen molar-refractivity contribution in [1.29, 1.82) is 0 Å². The smallest absolute Gasteiger partial charge is 0.197 e. The molecule has 0 heterocycles. The Labute approximate surface area is 278 Å². The molecule has 5 rings (SSSR count). The van der Waals surface area contributed by atoms with E-state index in [4.69, 9.17) is 92.8 Å². The van der Waals surface area contributed by atoms with Gasteiger partial charge >= 0.3 is 0 Å². The zero-order chi connectivity index (χ0) is 28.1. The summed E-state index contributed by atoms with van der Waals surface area (Å²) in [5, 5.41) is -3.37. The summed E-state index contributed by atoms with van der Waals surface area (Å²) in [6.45, 7) is 0. The summed E-state index contributed by atoms with van der Waals surface area (Å²) in [5.74, 6) is 0. The lowest BCUT2D eigenvalue weighted by Gasteiger charge is -2.16. The van der Waals surface area contributed by atoms with Crippen molar-refractivity contribution >= 4 is 181 Å². The molecule has 0 unspecified atom stereocenters. The topological polar surface area (TPSA) is 68.3 Å². The molecule has 4 nitrogen and oxygen atoms in total. The van der Waals surface area contributed by atoms with Crippen LogP contribution in [0.4, 0.5) is 0 Å². The number of alkyl halides is 2. The predicted molar refractivity (Wildman–Crippen MR) is 179 cm³/mol. The van der Waals surface area contributed by atoms with E-state index in [0.717, 1.165) is 0 Å². The number of hydrogen-bond donors (Lipinski definition) is 0. The molecule has 0 radical (unpaired) electrons. The second-order valence-corrected chi connectivity index (χ2v) is 12.6. The first-order valence-corrected chi connectivity index (χ1v) is 16.1. The van der Waals surface area contributed by atoms with E-state index in [0.29, 0.717) is 0 Å². The van der Waals surface area contributed by atoms with Crippen molar-refractivity contribution in [2.75, 3.05) is 0 Å². The van der Waals surface area contributed by atoms with Crippen molar-refractivity contribution in [3.63, 3.8) is 0 Å². The Balaban J connectivity index is 2.29. The highest BCUT2D eigenvalue weighted by Crippen LogP contribution is 2.44. The maximum absolute atomic E-state index is 14.0. The van der Waals surface area contributed by atoms with E-state index < -0.39 is 26.7 Å². The van der Waals surface area contributed by atoms with Crippen LogP contribution in [0.15, 0.2) is 19.2 Å². The van der Waals surface area contributed by atoms with Crippen LogP contribution in [-0.2, 0) is 8.86 Å². The van der Waals surface area contributed by atoms with Crippen LogP contribution < -0.4 is 21.7 Å². The minimum atomic E-state index is -0.800. The SMILES string of the molecule is O=c1c2c(Cl)c(Cl)c(Cl)c(Cl)c2c(=O)c2c(CI)c3c(=O)c4c(Cl)c(Cl)c(Cl)c(CI)c4c(=O)c3c(Cl)c12. The fraction of sp³-hybridized carbons (Fsp3) is 0.0833. The van der Waals surface area contributed by atoms with E-state index >= 15 is 0 Å². The molecule has 194 valence electrons. The summed E-state index contributed by atoms with van der Waals surface area (Å²) in [6.07, 6.45) is 0. The van der Waals surface area contributed by atoms with E-state index in [1.165, 1.54) is 0 Å². The van der Waals surface area contributed by atoms with Crippen molar-refractivity contribution in [1.82, 2.24) is 0 Å². The fourth-order valence-electron chi connectivity index (χ4n) is 4.69. The van der Waals surface area contributed by atoms with Crippen LogP contribution >= 0.6 is 138 Å². The molecule has 5 aromatic carbocycles. The van der Waals surface area contributed by atoms with Gasteiger partial charge in [-0.05, 0) is 11.1 Å². The van der Waals surface area contributed by atoms with Gasteiger partial charge in [0.1, 0.15) is 0 Å². The molecular formula is C24H4Cl8I2O4. The van der Waals surface area contributed by atoms with Crippen LogP contribution in [-0.4, -0.2) is 0 Å². The molecule has 0 aliphatic rings. The summed E-state index contributed by atoms with van der Waals surface area (Å²) in [5.41, 5.74) is -2.55. The molecule has 0 aromatic heterocycles. The highest BCUT2D eigenvalue weighted by atomic mass is 127. The maximum Gasteiger partial charge on any atom is 0.197 e. The average molecular weight is 894 g/mol.